The number of amides is 1. The van der Waals surface area contributed by atoms with Crippen molar-refractivity contribution in [2.45, 2.75) is 6.04 Å². The lowest BCUT2D eigenvalue weighted by atomic mass is 10.0. The highest BCUT2D eigenvalue weighted by Crippen LogP contribution is 2.31. The Morgan fingerprint density at radius 3 is 2.68 bits per heavy atom. The first-order valence-electron chi connectivity index (χ1n) is 7.71. The molecule has 0 spiro atoms. The predicted octanol–water partition coefficient (Wildman–Crippen LogP) is 3.18. The Kier molecular flexibility index (Phi) is 6.33. The zero-order chi connectivity index (χ0) is 17.1. The third kappa shape index (κ3) is 3.91. The first kappa shape index (κ1) is 19.1. The minimum absolute atomic E-state index is 0. The first-order valence-corrected chi connectivity index (χ1v) is 7.71. The highest BCUT2D eigenvalue weighted by molar-refractivity contribution is 5.94. The van der Waals surface area contributed by atoms with Crippen LogP contribution >= 0.6 is 12.4 Å². The van der Waals surface area contributed by atoms with Gasteiger partial charge in [0, 0.05) is 30.8 Å². The summed E-state index contributed by atoms with van der Waals surface area (Å²) < 4.78 is 32.0. The van der Waals surface area contributed by atoms with Crippen molar-refractivity contribution in [1.29, 1.82) is 0 Å². The summed E-state index contributed by atoms with van der Waals surface area (Å²) in [6.45, 7) is 1.68. The summed E-state index contributed by atoms with van der Waals surface area (Å²) >= 11 is 0. The van der Waals surface area contributed by atoms with Gasteiger partial charge in [-0.1, -0.05) is 18.2 Å². The van der Waals surface area contributed by atoms with Gasteiger partial charge in [0.2, 0.25) is 0 Å². The number of carbonyl (C=O) groups excluding carboxylic acids is 1. The molecule has 2 aromatic carbocycles. The average Bonchev–Trinajstić information content (AvgIpc) is 2.63. The molecular weight excluding hydrogens is 350 g/mol. The van der Waals surface area contributed by atoms with E-state index in [1.807, 2.05) is 24.3 Å². The fourth-order valence-corrected chi connectivity index (χ4v) is 2.96. The van der Waals surface area contributed by atoms with Gasteiger partial charge in [0.15, 0.2) is 11.6 Å². The Labute approximate surface area is 151 Å². The number of para-hydroxylation sites is 1. The Morgan fingerprint density at radius 2 is 1.96 bits per heavy atom. The standard InChI is InChI=1S/C18H18F2N2O2.ClH/c1-24-17-5-3-2-4-13(17)16-11-21-8-9-22(16)18(23)12-6-7-14(19)15(20)10-12;/h2-7,10,16,21H,8-9,11H2,1H3;1H. The summed E-state index contributed by atoms with van der Waals surface area (Å²) in [5, 5.41) is 3.26. The lowest BCUT2D eigenvalue weighted by Crippen LogP contribution is -2.48. The number of ether oxygens (including phenoxy) is 1. The fraction of sp³-hybridized carbons (Fsp3) is 0.278. The Morgan fingerprint density at radius 1 is 1.20 bits per heavy atom. The van der Waals surface area contributed by atoms with Gasteiger partial charge in [-0.25, -0.2) is 8.78 Å². The van der Waals surface area contributed by atoms with Crippen LogP contribution in [0.2, 0.25) is 0 Å². The van der Waals surface area contributed by atoms with Gasteiger partial charge in [-0.2, -0.15) is 0 Å². The van der Waals surface area contributed by atoms with Gasteiger partial charge in [-0.3, -0.25) is 4.79 Å². The number of benzene rings is 2. The van der Waals surface area contributed by atoms with Gasteiger partial charge < -0.3 is 15.0 Å². The van der Waals surface area contributed by atoms with Crippen LogP contribution in [0.3, 0.4) is 0 Å². The number of nitrogens with zero attached hydrogens (tertiary/aromatic N) is 1. The van der Waals surface area contributed by atoms with Crippen LogP contribution in [0, 0.1) is 11.6 Å². The molecule has 0 aromatic heterocycles. The summed E-state index contributed by atoms with van der Waals surface area (Å²) in [5.41, 5.74) is 1.01. The van der Waals surface area contributed by atoms with Gasteiger partial charge in [0.1, 0.15) is 5.75 Å². The molecule has 7 heteroatoms. The van der Waals surface area contributed by atoms with Crippen molar-refractivity contribution in [2.75, 3.05) is 26.7 Å². The largest absolute Gasteiger partial charge is 0.496 e. The maximum Gasteiger partial charge on any atom is 0.254 e. The second-order valence-electron chi connectivity index (χ2n) is 5.59. The number of rotatable bonds is 3. The molecule has 1 saturated heterocycles. The Hall–Kier alpha value is -2.18. The molecule has 1 atom stereocenters. The molecule has 1 amide bonds. The minimum atomic E-state index is -1.02. The van der Waals surface area contributed by atoms with E-state index in [4.69, 9.17) is 4.74 Å². The SMILES string of the molecule is COc1ccccc1C1CNCCN1C(=O)c1ccc(F)c(F)c1.Cl. The van der Waals surface area contributed by atoms with E-state index in [1.165, 1.54) is 6.07 Å². The molecule has 0 bridgehead atoms. The predicted molar refractivity (Wildman–Crippen MR) is 93.2 cm³/mol. The van der Waals surface area contributed by atoms with Crippen LogP contribution < -0.4 is 10.1 Å². The van der Waals surface area contributed by atoms with E-state index in [-0.39, 0.29) is 29.9 Å². The normalized spacial score (nSPS) is 16.9. The first-order chi connectivity index (χ1) is 11.6. The van der Waals surface area contributed by atoms with E-state index >= 15 is 0 Å². The lowest BCUT2D eigenvalue weighted by Gasteiger charge is -2.37. The summed E-state index contributed by atoms with van der Waals surface area (Å²) in [7, 11) is 1.58. The summed E-state index contributed by atoms with van der Waals surface area (Å²) in [4.78, 5) is 14.5. The summed E-state index contributed by atoms with van der Waals surface area (Å²) in [5.74, 6) is -1.63. The second kappa shape index (κ2) is 8.27. The van der Waals surface area contributed by atoms with Crippen molar-refractivity contribution >= 4 is 18.3 Å². The van der Waals surface area contributed by atoms with Crippen molar-refractivity contribution in [3.05, 3.63) is 65.2 Å². The summed E-state index contributed by atoms with van der Waals surface area (Å²) in [6, 6.07) is 10.5. The summed E-state index contributed by atoms with van der Waals surface area (Å²) in [6.07, 6.45) is 0. The number of methoxy groups -OCH3 is 1. The van der Waals surface area contributed by atoms with Gasteiger partial charge >= 0.3 is 0 Å². The number of carbonyl (C=O) groups is 1. The molecular formula is C18H19ClF2N2O2. The van der Waals surface area contributed by atoms with Crippen LogP contribution in [0.5, 0.6) is 5.75 Å². The lowest BCUT2D eigenvalue weighted by molar-refractivity contribution is 0.0631. The fourth-order valence-electron chi connectivity index (χ4n) is 2.96. The van der Waals surface area contributed by atoms with Crippen molar-refractivity contribution in [3.8, 4) is 5.75 Å². The highest BCUT2D eigenvalue weighted by Gasteiger charge is 2.30. The molecule has 1 N–H and O–H groups in total. The van der Waals surface area contributed by atoms with E-state index in [2.05, 4.69) is 5.32 Å². The van der Waals surface area contributed by atoms with Crippen LogP contribution in [0.15, 0.2) is 42.5 Å². The van der Waals surface area contributed by atoms with E-state index in [1.54, 1.807) is 12.0 Å². The van der Waals surface area contributed by atoms with E-state index in [9.17, 15) is 13.6 Å². The Balaban J connectivity index is 0.00000225. The van der Waals surface area contributed by atoms with Gasteiger partial charge in [-0.15, -0.1) is 12.4 Å². The van der Waals surface area contributed by atoms with E-state index < -0.39 is 11.6 Å². The topological polar surface area (TPSA) is 41.6 Å². The molecule has 1 unspecified atom stereocenters. The monoisotopic (exact) mass is 368 g/mol. The zero-order valence-electron chi connectivity index (χ0n) is 13.7. The van der Waals surface area contributed by atoms with Gasteiger partial charge in [-0.05, 0) is 24.3 Å². The smallest absolute Gasteiger partial charge is 0.254 e. The van der Waals surface area contributed by atoms with Crippen LogP contribution in [0.4, 0.5) is 8.78 Å². The zero-order valence-corrected chi connectivity index (χ0v) is 14.5. The van der Waals surface area contributed by atoms with Crippen molar-refractivity contribution in [3.63, 3.8) is 0 Å². The van der Waals surface area contributed by atoms with Crippen LogP contribution in [0.25, 0.3) is 0 Å². The molecule has 0 radical (unpaired) electrons. The maximum atomic E-state index is 13.5. The van der Waals surface area contributed by atoms with Crippen molar-refractivity contribution < 1.29 is 18.3 Å². The Bertz CT molecular complexity index is 758. The molecule has 1 heterocycles. The van der Waals surface area contributed by atoms with Gasteiger partial charge in [0.25, 0.3) is 5.91 Å². The minimum Gasteiger partial charge on any atom is -0.496 e. The molecule has 0 saturated carbocycles. The average molecular weight is 369 g/mol. The molecule has 1 aliphatic rings. The van der Waals surface area contributed by atoms with Crippen molar-refractivity contribution in [1.82, 2.24) is 10.2 Å². The third-order valence-electron chi connectivity index (χ3n) is 4.17. The molecule has 1 fully saturated rings. The number of hydrogen-bond acceptors (Lipinski definition) is 3. The second-order valence-corrected chi connectivity index (χ2v) is 5.59. The van der Waals surface area contributed by atoms with E-state index in [0.717, 1.165) is 17.7 Å². The molecule has 134 valence electrons. The molecule has 25 heavy (non-hydrogen) atoms. The van der Waals surface area contributed by atoms with Crippen LogP contribution in [0.1, 0.15) is 22.0 Å². The number of piperazine rings is 1. The third-order valence-corrected chi connectivity index (χ3v) is 4.17. The molecule has 3 rings (SSSR count). The molecule has 1 aliphatic heterocycles. The number of halogens is 3. The number of nitrogens with one attached hydrogen (secondary N) is 1. The molecule has 0 aliphatic carbocycles. The van der Waals surface area contributed by atoms with E-state index in [0.29, 0.717) is 25.4 Å². The van der Waals surface area contributed by atoms with Crippen LogP contribution in [-0.2, 0) is 0 Å². The van der Waals surface area contributed by atoms with Crippen LogP contribution in [-0.4, -0.2) is 37.6 Å². The highest BCUT2D eigenvalue weighted by atomic mass is 35.5. The van der Waals surface area contributed by atoms with Crippen molar-refractivity contribution in [2.24, 2.45) is 0 Å². The quantitative estimate of drug-likeness (QED) is 0.904. The van der Waals surface area contributed by atoms with Gasteiger partial charge in [0.05, 0.1) is 13.2 Å². The molecule has 2 aromatic rings. The number of hydrogen-bond donors (Lipinski definition) is 1. The molecule has 4 nitrogen and oxygen atoms in total. The maximum absolute atomic E-state index is 13.5.